The Bertz CT molecular complexity index is 1220. The van der Waals surface area contributed by atoms with Gasteiger partial charge >= 0.3 is 0 Å². The normalized spacial score (nSPS) is 11.6. The molecule has 0 unspecified atom stereocenters. The zero-order valence-electron chi connectivity index (χ0n) is 17.9. The molecule has 0 aliphatic carbocycles. The molecule has 0 saturated heterocycles. The molecule has 3 nitrogen and oxygen atoms in total. The molecule has 3 aromatic carbocycles. The molecule has 0 atom stereocenters. The average Bonchev–Trinajstić information content (AvgIpc) is 2.74. The highest BCUT2D eigenvalue weighted by Crippen LogP contribution is 2.33. The van der Waals surface area contributed by atoms with E-state index in [4.69, 9.17) is 9.15 Å². The van der Waals surface area contributed by atoms with Crippen molar-refractivity contribution in [1.29, 1.82) is 0 Å². The molecule has 0 fully saturated rings. The van der Waals surface area contributed by atoms with Crippen molar-refractivity contribution in [1.82, 2.24) is 0 Å². The van der Waals surface area contributed by atoms with Gasteiger partial charge in [0.1, 0.15) is 12.2 Å². The smallest absolute Gasteiger partial charge is 0.235 e. The molecule has 0 radical (unpaired) electrons. The molecule has 0 N–H and O–H groups in total. The first-order valence-corrected chi connectivity index (χ1v) is 10.2. The number of ether oxygens (including phenoxy) is 1. The van der Waals surface area contributed by atoms with Crippen LogP contribution in [0.3, 0.4) is 0 Å². The standard InChI is InChI=1S/C27H26O3/c1-18-9-11-19(12-10-18)17-29-26-24(28)22-7-5-6-8-23(22)30-25(26)20-13-15-21(16-14-20)27(2,3)4/h5-16H,17H2,1-4H3. The third-order valence-corrected chi connectivity index (χ3v) is 5.27. The van der Waals surface area contributed by atoms with Gasteiger partial charge in [0.15, 0.2) is 5.76 Å². The van der Waals surface area contributed by atoms with Crippen LogP contribution in [-0.4, -0.2) is 0 Å². The highest BCUT2D eigenvalue weighted by atomic mass is 16.5. The fourth-order valence-corrected chi connectivity index (χ4v) is 3.41. The molecule has 1 aromatic heterocycles. The summed E-state index contributed by atoms with van der Waals surface area (Å²) < 4.78 is 12.2. The van der Waals surface area contributed by atoms with Gasteiger partial charge in [0.2, 0.25) is 11.2 Å². The van der Waals surface area contributed by atoms with E-state index >= 15 is 0 Å². The number of hydrogen-bond donors (Lipinski definition) is 0. The Morgan fingerprint density at radius 3 is 2.20 bits per heavy atom. The quantitative estimate of drug-likeness (QED) is 0.386. The Kier molecular flexibility index (Phi) is 5.21. The summed E-state index contributed by atoms with van der Waals surface area (Å²) in [6.07, 6.45) is 0. The van der Waals surface area contributed by atoms with E-state index in [0.29, 0.717) is 23.3 Å². The molecule has 0 amide bonds. The highest BCUT2D eigenvalue weighted by molar-refractivity contribution is 5.82. The molecule has 0 aliphatic rings. The van der Waals surface area contributed by atoms with Crippen molar-refractivity contribution in [3.63, 3.8) is 0 Å². The molecule has 1 heterocycles. The summed E-state index contributed by atoms with van der Waals surface area (Å²) in [4.78, 5) is 13.2. The minimum absolute atomic E-state index is 0.0491. The second kappa shape index (κ2) is 7.83. The number of aryl methyl sites for hydroxylation is 1. The summed E-state index contributed by atoms with van der Waals surface area (Å²) in [6, 6.07) is 23.5. The third kappa shape index (κ3) is 4.02. The summed E-state index contributed by atoms with van der Waals surface area (Å²) >= 11 is 0. The molecule has 30 heavy (non-hydrogen) atoms. The lowest BCUT2D eigenvalue weighted by molar-refractivity contribution is 0.298. The molecule has 0 aliphatic heterocycles. The Balaban J connectivity index is 1.80. The molecule has 0 spiro atoms. The summed E-state index contributed by atoms with van der Waals surface area (Å²) in [6.45, 7) is 8.87. The van der Waals surface area contributed by atoms with Crippen LogP contribution in [0.5, 0.6) is 5.75 Å². The summed E-state index contributed by atoms with van der Waals surface area (Å²) in [5.41, 5.74) is 4.68. The van der Waals surface area contributed by atoms with E-state index in [1.54, 1.807) is 6.07 Å². The first-order valence-electron chi connectivity index (χ1n) is 10.2. The molecule has 0 saturated carbocycles. The average molecular weight is 399 g/mol. The maximum Gasteiger partial charge on any atom is 0.235 e. The van der Waals surface area contributed by atoms with Crippen LogP contribution in [0.15, 0.2) is 82.0 Å². The molecule has 3 heteroatoms. The van der Waals surface area contributed by atoms with Gasteiger partial charge in [0.05, 0.1) is 5.39 Å². The van der Waals surface area contributed by atoms with Crippen LogP contribution in [0, 0.1) is 6.92 Å². The molecular weight excluding hydrogens is 372 g/mol. The van der Waals surface area contributed by atoms with E-state index in [-0.39, 0.29) is 16.6 Å². The van der Waals surface area contributed by atoms with E-state index in [1.165, 1.54) is 11.1 Å². The topological polar surface area (TPSA) is 39.4 Å². The van der Waals surface area contributed by atoms with E-state index in [1.807, 2.05) is 61.5 Å². The first kappa shape index (κ1) is 20.0. The van der Waals surface area contributed by atoms with E-state index in [9.17, 15) is 4.79 Å². The Morgan fingerprint density at radius 1 is 0.867 bits per heavy atom. The van der Waals surface area contributed by atoms with Gasteiger partial charge in [0.25, 0.3) is 0 Å². The van der Waals surface area contributed by atoms with Crippen molar-refractivity contribution in [2.75, 3.05) is 0 Å². The number of para-hydroxylation sites is 1. The second-order valence-corrected chi connectivity index (χ2v) is 8.69. The number of benzene rings is 3. The van der Waals surface area contributed by atoms with Crippen molar-refractivity contribution in [3.05, 3.63) is 99.7 Å². The van der Waals surface area contributed by atoms with Gasteiger partial charge in [-0.2, -0.15) is 0 Å². The molecule has 4 rings (SSSR count). The van der Waals surface area contributed by atoms with Crippen molar-refractivity contribution in [2.24, 2.45) is 0 Å². The zero-order chi connectivity index (χ0) is 21.3. The van der Waals surface area contributed by atoms with Crippen molar-refractivity contribution >= 4 is 11.0 Å². The van der Waals surface area contributed by atoms with Crippen molar-refractivity contribution in [3.8, 4) is 17.1 Å². The van der Waals surface area contributed by atoms with Crippen molar-refractivity contribution in [2.45, 2.75) is 39.7 Å². The fraction of sp³-hybridized carbons (Fsp3) is 0.222. The van der Waals surface area contributed by atoms with E-state index < -0.39 is 0 Å². The minimum atomic E-state index is -0.154. The largest absolute Gasteiger partial charge is 0.481 e. The van der Waals surface area contributed by atoms with Gasteiger partial charge in [-0.25, -0.2) is 0 Å². The molecular formula is C27H26O3. The third-order valence-electron chi connectivity index (χ3n) is 5.27. The zero-order valence-corrected chi connectivity index (χ0v) is 17.9. The number of hydrogen-bond acceptors (Lipinski definition) is 3. The maximum atomic E-state index is 13.2. The summed E-state index contributed by atoms with van der Waals surface area (Å²) in [7, 11) is 0. The molecule has 4 aromatic rings. The summed E-state index contributed by atoms with van der Waals surface area (Å²) in [5, 5.41) is 0.520. The van der Waals surface area contributed by atoms with Crippen LogP contribution in [0.25, 0.3) is 22.3 Å². The Hall–Kier alpha value is -3.33. The van der Waals surface area contributed by atoms with Gasteiger partial charge in [-0.15, -0.1) is 0 Å². The predicted octanol–water partition coefficient (Wildman–Crippen LogP) is 6.64. The van der Waals surface area contributed by atoms with Crippen molar-refractivity contribution < 1.29 is 9.15 Å². The molecule has 152 valence electrons. The molecule has 0 bridgehead atoms. The van der Waals surface area contributed by atoms with Gasteiger partial charge in [-0.3, -0.25) is 4.79 Å². The highest BCUT2D eigenvalue weighted by Gasteiger charge is 2.19. The van der Waals surface area contributed by atoms with Crippen LogP contribution >= 0.6 is 0 Å². The van der Waals surface area contributed by atoms with E-state index in [0.717, 1.165) is 11.1 Å². The minimum Gasteiger partial charge on any atom is -0.481 e. The van der Waals surface area contributed by atoms with Crippen LogP contribution in [-0.2, 0) is 12.0 Å². The van der Waals surface area contributed by atoms with Crippen LogP contribution in [0.4, 0.5) is 0 Å². The van der Waals surface area contributed by atoms with Gasteiger partial charge in [0, 0.05) is 5.56 Å². The number of fused-ring (bicyclic) bond motifs is 1. The lowest BCUT2D eigenvalue weighted by Crippen LogP contribution is -2.11. The van der Waals surface area contributed by atoms with Crippen LogP contribution in [0.2, 0.25) is 0 Å². The monoisotopic (exact) mass is 398 g/mol. The lowest BCUT2D eigenvalue weighted by atomic mass is 9.86. The Labute approximate surface area is 176 Å². The Morgan fingerprint density at radius 2 is 1.53 bits per heavy atom. The van der Waals surface area contributed by atoms with Gasteiger partial charge in [-0.1, -0.05) is 87.0 Å². The van der Waals surface area contributed by atoms with Crippen LogP contribution in [0.1, 0.15) is 37.5 Å². The lowest BCUT2D eigenvalue weighted by Gasteiger charge is -2.19. The second-order valence-electron chi connectivity index (χ2n) is 8.69. The SMILES string of the molecule is Cc1ccc(COc2c(-c3ccc(C(C)(C)C)cc3)oc3ccccc3c2=O)cc1. The predicted molar refractivity (Wildman–Crippen MR) is 122 cm³/mol. The first-order chi connectivity index (χ1) is 14.3. The number of rotatable bonds is 4. The van der Waals surface area contributed by atoms with Gasteiger partial charge in [-0.05, 0) is 35.6 Å². The maximum absolute atomic E-state index is 13.2. The summed E-state index contributed by atoms with van der Waals surface area (Å²) in [5.74, 6) is 0.712. The van der Waals surface area contributed by atoms with Crippen LogP contribution < -0.4 is 10.2 Å². The van der Waals surface area contributed by atoms with E-state index in [2.05, 4.69) is 32.9 Å². The van der Waals surface area contributed by atoms with Gasteiger partial charge < -0.3 is 9.15 Å². The fourth-order valence-electron chi connectivity index (χ4n) is 3.41.